The highest BCUT2D eigenvalue weighted by Crippen LogP contribution is 2.44. The molecule has 7 nitrogen and oxygen atoms in total. The molecule has 0 amide bonds. The molecule has 1 atom stereocenters. The number of rotatable bonds is 7. The van der Waals surface area contributed by atoms with E-state index in [1.807, 2.05) is 11.9 Å². The van der Waals surface area contributed by atoms with Crippen LogP contribution in [0.25, 0.3) is 10.9 Å². The van der Waals surface area contributed by atoms with Crippen molar-refractivity contribution in [2.45, 2.75) is 44.7 Å². The van der Waals surface area contributed by atoms with Gasteiger partial charge >= 0.3 is 0 Å². The van der Waals surface area contributed by atoms with Crippen LogP contribution in [-0.4, -0.2) is 59.3 Å². The van der Waals surface area contributed by atoms with Crippen LogP contribution in [0.15, 0.2) is 29.2 Å². The Labute approximate surface area is 212 Å². The average Bonchev–Trinajstić information content (AvgIpc) is 3.65. The number of alkyl halides is 3. The van der Waals surface area contributed by atoms with Gasteiger partial charge in [0.1, 0.15) is 35.3 Å². The smallest absolute Gasteiger partial charge is 0.276 e. The second kappa shape index (κ2) is 9.59. The van der Waals surface area contributed by atoms with Gasteiger partial charge in [-0.05, 0) is 33.7 Å². The molecule has 0 bridgehead atoms. The molecule has 37 heavy (non-hydrogen) atoms. The number of piperazine rings is 1. The molecule has 0 unspecified atom stereocenters. The summed E-state index contributed by atoms with van der Waals surface area (Å²) in [6.45, 7) is 5.42. The highest BCUT2D eigenvalue weighted by molar-refractivity contribution is 5.97. The van der Waals surface area contributed by atoms with Gasteiger partial charge in [-0.2, -0.15) is 0 Å². The molecule has 1 aliphatic carbocycles. The van der Waals surface area contributed by atoms with Crippen LogP contribution in [0.1, 0.15) is 49.2 Å². The van der Waals surface area contributed by atoms with Crippen molar-refractivity contribution in [1.29, 1.82) is 0 Å². The molecule has 1 N–H and O–H groups in total. The van der Waals surface area contributed by atoms with E-state index in [9.17, 15) is 22.4 Å². The minimum Gasteiger partial charge on any atom is -0.363 e. The van der Waals surface area contributed by atoms with Gasteiger partial charge in [-0.3, -0.25) is 4.79 Å². The Hall–Kier alpha value is -3.21. The quantitative estimate of drug-likeness (QED) is 0.463. The Bertz CT molecular complexity index is 1380. The summed E-state index contributed by atoms with van der Waals surface area (Å²) in [5.41, 5.74) is -0.947. The monoisotopic (exact) mass is 518 g/mol. The number of halogens is 4. The Balaban J connectivity index is 1.66. The molecule has 3 aromatic rings. The van der Waals surface area contributed by atoms with Crippen molar-refractivity contribution in [3.63, 3.8) is 0 Å². The summed E-state index contributed by atoms with van der Waals surface area (Å²) >= 11 is 0. The number of hydrogen-bond acceptors (Lipinski definition) is 6. The molecule has 198 valence electrons. The summed E-state index contributed by atoms with van der Waals surface area (Å²) in [5, 5.41) is 3.65. The molecule has 2 aromatic heterocycles. The number of hydrogen-bond donors (Lipinski definition) is 1. The van der Waals surface area contributed by atoms with Crippen LogP contribution in [0.3, 0.4) is 0 Å². The van der Waals surface area contributed by atoms with Crippen LogP contribution < -0.4 is 15.8 Å². The van der Waals surface area contributed by atoms with E-state index in [2.05, 4.69) is 20.2 Å². The molecule has 1 aliphatic heterocycles. The maximum absolute atomic E-state index is 14.9. The standard InChI is InChI=1S/C26H30F4N6O/c1-15(17-5-4-6-18(20(17)28)23(29)30)31-24-19-13-36(26(14-27)7-8-26)25(37)22(21(19)32-16(2)33-24)35-11-9-34(3)10-12-35/h4-6,13,15,23H,7-12,14H2,1-3H3,(H,31,32,33)/t15-/m1/s1. The lowest BCUT2D eigenvalue weighted by atomic mass is 10.0. The topological polar surface area (TPSA) is 66.3 Å². The van der Waals surface area contributed by atoms with Gasteiger partial charge in [0.25, 0.3) is 12.0 Å². The minimum atomic E-state index is -2.94. The lowest BCUT2D eigenvalue weighted by Crippen LogP contribution is -2.47. The molecule has 1 saturated heterocycles. The Morgan fingerprint density at radius 1 is 1.11 bits per heavy atom. The molecule has 2 aliphatic rings. The zero-order chi connectivity index (χ0) is 26.5. The molecule has 1 saturated carbocycles. The Morgan fingerprint density at radius 2 is 1.78 bits per heavy atom. The highest BCUT2D eigenvalue weighted by Gasteiger charge is 2.46. The first-order chi connectivity index (χ1) is 17.6. The number of likely N-dealkylation sites (N-methyl/N-ethyl adjacent to an activating group) is 1. The third kappa shape index (κ3) is 4.54. The number of fused-ring (bicyclic) bond motifs is 1. The number of aromatic nitrogens is 3. The fourth-order valence-electron chi connectivity index (χ4n) is 5.00. The van der Waals surface area contributed by atoms with Gasteiger partial charge < -0.3 is 19.7 Å². The molecule has 5 rings (SSSR count). The number of nitrogens with one attached hydrogen (secondary N) is 1. The molecule has 1 aromatic carbocycles. The molecular weight excluding hydrogens is 488 g/mol. The van der Waals surface area contributed by atoms with Crippen molar-refractivity contribution >= 4 is 22.4 Å². The largest absolute Gasteiger partial charge is 0.363 e. The molecule has 11 heteroatoms. The predicted molar refractivity (Wildman–Crippen MR) is 135 cm³/mol. The van der Waals surface area contributed by atoms with E-state index in [0.717, 1.165) is 19.2 Å². The van der Waals surface area contributed by atoms with E-state index in [4.69, 9.17) is 0 Å². The minimum absolute atomic E-state index is 0.0669. The maximum atomic E-state index is 14.9. The number of aryl methyl sites for hydroxylation is 1. The van der Waals surface area contributed by atoms with E-state index >= 15 is 0 Å². The lowest BCUT2D eigenvalue weighted by Gasteiger charge is -2.34. The van der Waals surface area contributed by atoms with E-state index < -0.39 is 36.1 Å². The fraction of sp³-hybridized carbons (Fsp3) is 0.500. The average molecular weight is 519 g/mol. The number of pyridine rings is 1. The van der Waals surface area contributed by atoms with Crippen LogP contribution >= 0.6 is 0 Å². The first-order valence-electron chi connectivity index (χ1n) is 12.4. The number of benzene rings is 1. The van der Waals surface area contributed by atoms with Crippen molar-refractivity contribution in [2.24, 2.45) is 0 Å². The van der Waals surface area contributed by atoms with Crippen LogP contribution in [0, 0.1) is 12.7 Å². The highest BCUT2D eigenvalue weighted by atomic mass is 19.3. The van der Waals surface area contributed by atoms with Crippen LogP contribution in [0.2, 0.25) is 0 Å². The van der Waals surface area contributed by atoms with E-state index in [-0.39, 0.29) is 11.1 Å². The maximum Gasteiger partial charge on any atom is 0.276 e. The second-order valence-electron chi connectivity index (χ2n) is 10.1. The number of anilines is 2. The summed E-state index contributed by atoms with van der Waals surface area (Å²) < 4.78 is 57.1. The van der Waals surface area contributed by atoms with E-state index in [0.29, 0.717) is 54.2 Å². The van der Waals surface area contributed by atoms with Gasteiger partial charge in [0.05, 0.1) is 22.5 Å². The number of nitrogens with zero attached hydrogens (tertiary/aromatic N) is 5. The van der Waals surface area contributed by atoms with Gasteiger partial charge in [0, 0.05) is 37.9 Å². The predicted octanol–water partition coefficient (Wildman–Crippen LogP) is 4.56. The zero-order valence-corrected chi connectivity index (χ0v) is 21.1. The van der Waals surface area contributed by atoms with Gasteiger partial charge in [-0.1, -0.05) is 18.2 Å². The zero-order valence-electron chi connectivity index (χ0n) is 21.1. The van der Waals surface area contributed by atoms with Gasteiger partial charge in [-0.25, -0.2) is 27.5 Å². The Morgan fingerprint density at radius 3 is 2.41 bits per heavy atom. The van der Waals surface area contributed by atoms with Gasteiger partial charge in [0.15, 0.2) is 0 Å². The summed E-state index contributed by atoms with van der Waals surface area (Å²) in [6.07, 6.45) is -0.252. The molecule has 2 fully saturated rings. The normalized spacial score (nSPS) is 18.4. The first-order valence-corrected chi connectivity index (χ1v) is 12.4. The summed E-state index contributed by atoms with van der Waals surface area (Å²) in [5.74, 6) is -0.254. The van der Waals surface area contributed by atoms with Crippen molar-refractivity contribution in [1.82, 2.24) is 19.4 Å². The Kier molecular flexibility index (Phi) is 6.59. The van der Waals surface area contributed by atoms with Crippen LogP contribution in [-0.2, 0) is 5.54 Å². The summed E-state index contributed by atoms with van der Waals surface area (Å²) in [4.78, 5) is 27.0. The molecule has 3 heterocycles. The van der Waals surface area contributed by atoms with Crippen molar-refractivity contribution in [3.8, 4) is 0 Å². The molecular formula is C26H30F4N6O. The SMILES string of the molecule is Cc1nc(N[C@H](C)c2cccc(C(F)F)c2F)c2cn(C3(CF)CC3)c(=O)c(N3CCN(C)CC3)c2n1. The van der Waals surface area contributed by atoms with E-state index in [1.165, 1.54) is 16.7 Å². The fourth-order valence-corrected chi connectivity index (χ4v) is 5.00. The molecule has 0 spiro atoms. The third-order valence-corrected chi connectivity index (χ3v) is 7.48. The van der Waals surface area contributed by atoms with Crippen molar-refractivity contribution in [3.05, 3.63) is 57.5 Å². The second-order valence-corrected chi connectivity index (χ2v) is 10.1. The van der Waals surface area contributed by atoms with Gasteiger partial charge in [-0.15, -0.1) is 0 Å². The van der Waals surface area contributed by atoms with E-state index in [1.54, 1.807) is 20.0 Å². The first kappa shape index (κ1) is 25.4. The summed E-state index contributed by atoms with van der Waals surface area (Å²) in [7, 11) is 2.01. The summed E-state index contributed by atoms with van der Waals surface area (Å²) in [6, 6.07) is 3.18. The van der Waals surface area contributed by atoms with Crippen LogP contribution in [0.4, 0.5) is 29.1 Å². The van der Waals surface area contributed by atoms with Crippen molar-refractivity contribution < 1.29 is 17.6 Å². The van der Waals surface area contributed by atoms with Gasteiger partial charge in [0.2, 0.25) is 0 Å². The lowest BCUT2D eigenvalue weighted by molar-refractivity contribution is 0.146. The van der Waals surface area contributed by atoms with Crippen LogP contribution in [0.5, 0.6) is 0 Å². The molecule has 0 radical (unpaired) electrons. The van der Waals surface area contributed by atoms with Crippen molar-refractivity contribution in [2.75, 3.05) is 50.1 Å². The third-order valence-electron chi connectivity index (χ3n) is 7.48.